The topological polar surface area (TPSA) is 43.8 Å². The Morgan fingerprint density at radius 2 is 2.06 bits per heavy atom. The first-order valence-electron chi connectivity index (χ1n) is 5.55. The van der Waals surface area contributed by atoms with Gasteiger partial charge in [-0.1, -0.05) is 30.3 Å². The molecule has 0 bridgehead atoms. The van der Waals surface area contributed by atoms with Gasteiger partial charge in [-0.25, -0.2) is 4.98 Å². The molecule has 84 valence electrons. The predicted molar refractivity (Wildman–Crippen MR) is 65.2 cm³/mol. The van der Waals surface area contributed by atoms with Crippen molar-refractivity contribution in [1.82, 2.24) is 9.55 Å². The van der Waals surface area contributed by atoms with E-state index in [1.807, 2.05) is 25.5 Å². The highest BCUT2D eigenvalue weighted by Crippen LogP contribution is 2.25. The smallest absolute Gasteiger partial charge is 0.115 e. The molecule has 2 rings (SSSR count). The van der Waals surface area contributed by atoms with Gasteiger partial charge in [0.2, 0.25) is 0 Å². The lowest BCUT2D eigenvalue weighted by Gasteiger charge is -2.16. The maximum Gasteiger partial charge on any atom is 0.115 e. The van der Waals surface area contributed by atoms with E-state index < -0.39 is 0 Å². The maximum atomic E-state index is 5.69. The Balaban J connectivity index is 2.35. The van der Waals surface area contributed by atoms with Crippen molar-refractivity contribution in [3.05, 3.63) is 54.1 Å². The summed E-state index contributed by atoms with van der Waals surface area (Å²) >= 11 is 0. The van der Waals surface area contributed by atoms with E-state index in [-0.39, 0.29) is 0 Å². The van der Waals surface area contributed by atoms with Crippen LogP contribution < -0.4 is 5.73 Å². The van der Waals surface area contributed by atoms with E-state index in [1.54, 1.807) is 0 Å². The van der Waals surface area contributed by atoms with Gasteiger partial charge in [-0.3, -0.25) is 0 Å². The zero-order chi connectivity index (χ0) is 11.4. The van der Waals surface area contributed by atoms with Gasteiger partial charge in [0.1, 0.15) is 5.82 Å². The summed E-state index contributed by atoms with van der Waals surface area (Å²) < 4.78 is 2.06. The van der Waals surface area contributed by atoms with Crippen LogP contribution in [-0.4, -0.2) is 16.1 Å². The summed E-state index contributed by atoms with van der Waals surface area (Å²) in [4.78, 5) is 4.42. The molecule has 1 unspecified atom stereocenters. The fourth-order valence-electron chi connectivity index (χ4n) is 2.01. The molecule has 1 atom stereocenters. The average Bonchev–Trinajstić information content (AvgIpc) is 2.73. The minimum absolute atomic E-state index is 0.297. The molecule has 1 heterocycles. The van der Waals surface area contributed by atoms with E-state index in [0.717, 1.165) is 12.2 Å². The maximum absolute atomic E-state index is 5.69. The van der Waals surface area contributed by atoms with Crippen molar-refractivity contribution in [2.45, 2.75) is 12.3 Å². The molecule has 0 fully saturated rings. The second-order valence-corrected chi connectivity index (χ2v) is 3.94. The van der Waals surface area contributed by atoms with Crippen LogP contribution >= 0.6 is 0 Å². The number of benzene rings is 1. The Morgan fingerprint density at radius 1 is 1.31 bits per heavy atom. The van der Waals surface area contributed by atoms with Crippen LogP contribution in [0.3, 0.4) is 0 Å². The molecule has 1 aromatic carbocycles. The van der Waals surface area contributed by atoms with Gasteiger partial charge in [0, 0.05) is 25.4 Å². The highest BCUT2D eigenvalue weighted by molar-refractivity contribution is 5.25. The molecule has 0 aliphatic rings. The van der Waals surface area contributed by atoms with Gasteiger partial charge in [0.05, 0.1) is 0 Å². The Kier molecular flexibility index (Phi) is 3.37. The molecule has 3 nitrogen and oxygen atoms in total. The molecule has 0 radical (unpaired) electrons. The van der Waals surface area contributed by atoms with Crippen LogP contribution in [0.2, 0.25) is 0 Å². The van der Waals surface area contributed by atoms with Crippen molar-refractivity contribution >= 4 is 0 Å². The first-order chi connectivity index (χ1) is 7.83. The summed E-state index contributed by atoms with van der Waals surface area (Å²) in [6, 6.07) is 10.4. The second kappa shape index (κ2) is 4.94. The van der Waals surface area contributed by atoms with Gasteiger partial charge in [0.25, 0.3) is 0 Å². The Labute approximate surface area is 95.9 Å². The number of aromatic nitrogens is 2. The van der Waals surface area contributed by atoms with E-state index in [1.165, 1.54) is 5.56 Å². The fourth-order valence-corrected chi connectivity index (χ4v) is 2.01. The largest absolute Gasteiger partial charge is 0.337 e. The third-order valence-corrected chi connectivity index (χ3v) is 2.83. The predicted octanol–water partition coefficient (Wildman–Crippen LogP) is 1.90. The number of nitrogens with two attached hydrogens (primary N) is 1. The number of aryl methyl sites for hydroxylation is 1. The number of rotatable bonds is 4. The van der Waals surface area contributed by atoms with Gasteiger partial charge >= 0.3 is 0 Å². The summed E-state index contributed by atoms with van der Waals surface area (Å²) in [5.41, 5.74) is 6.97. The van der Waals surface area contributed by atoms with Crippen LogP contribution in [-0.2, 0) is 7.05 Å². The molecular weight excluding hydrogens is 198 g/mol. The lowest BCUT2D eigenvalue weighted by atomic mass is 9.95. The van der Waals surface area contributed by atoms with E-state index in [4.69, 9.17) is 5.73 Å². The monoisotopic (exact) mass is 215 g/mol. The van der Waals surface area contributed by atoms with Crippen molar-refractivity contribution < 1.29 is 0 Å². The molecule has 0 amide bonds. The lowest BCUT2D eigenvalue weighted by Crippen LogP contribution is -2.12. The number of imidazole rings is 1. The Morgan fingerprint density at radius 3 is 2.62 bits per heavy atom. The molecule has 0 saturated heterocycles. The fraction of sp³-hybridized carbons (Fsp3) is 0.308. The van der Waals surface area contributed by atoms with Crippen molar-refractivity contribution in [2.24, 2.45) is 12.8 Å². The summed E-state index contributed by atoms with van der Waals surface area (Å²) in [6.45, 7) is 0.673. The van der Waals surface area contributed by atoms with Crippen LogP contribution in [0, 0.1) is 0 Å². The first-order valence-corrected chi connectivity index (χ1v) is 5.55. The highest BCUT2D eigenvalue weighted by atomic mass is 15.0. The third-order valence-electron chi connectivity index (χ3n) is 2.83. The van der Waals surface area contributed by atoms with E-state index in [9.17, 15) is 0 Å². The van der Waals surface area contributed by atoms with Crippen molar-refractivity contribution in [1.29, 1.82) is 0 Å². The number of hydrogen-bond acceptors (Lipinski definition) is 2. The highest BCUT2D eigenvalue weighted by Gasteiger charge is 2.16. The van der Waals surface area contributed by atoms with Crippen LogP contribution in [0.25, 0.3) is 0 Å². The van der Waals surface area contributed by atoms with Crippen molar-refractivity contribution in [3.8, 4) is 0 Å². The van der Waals surface area contributed by atoms with Gasteiger partial charge in [0.15, 0.2) is 0 Å². The van der Waals surface area contributed by atoms with Crippen LogP contribution in [0.1, 0.15) is 23.7 Å². The first kappa shape index (κ1) is 10.9. The Hall–Kier alpha value is -1.61. The number of hydrogen-bond donors (Lipinski definition) is 1. The molecule has 16 heavy (non-hydrogen) atoms. The molecule has 2 aromatic rings. The number of nitrogens with zero attached hydrogens (tertiary/aromatic N) is 2. The molecule has 0 spiro atoms. The zero-order valence-corrected chi connectivity index (χ0v) is 9.50. The van der Waals surface area contributed by atoms with Crippen molar-refractivity contribution in [2.75, 3.05) is 6.54 Å². The zero-order valence-electron chi connectivity index (χ0n) is 9.50. The molecule has 1 aromatic heterocycles. The second-order valence-electron chi connectivity index (χ2n) is 3.94. The van der Waals surface area contributed by atoms with Crippen molar-refractivity contribution in [3.63, 3.8) is 0 Å². The summed E-state index contributed by atoms with van der Waals surface area (Å²) in [7, 11) is 2.02. The normalized spacial score (nSPS) is 12.6. The quantitative estimate of drug-likeness (QED) is 0.846. The standard InChI is InChI=1S/C13H17N3/c1-16-10-9-15-13(16)12(7-8-14)11-5-3-2-4-6-11/h2-6,9-10,12H,7-8,14H2,1H3. The molecule has 0 aliphatic carbocycles. The summed E-state index contributed by atoms with van der Waals surface area (Å²) in [5, 5.41) is 0. The molecular formula is C13H17N3. The third kappa shape index (κ3) is 2.14. The van der Waals surface area contributed by atoms with E-state index in [2.05, 4.69) is 33.8 Å². The van der Waals surface area contributed by atoms with E-state index in [0.29, 0.717) is 12.5 Å². The van der Waals surface area contributed by atoms with Gasteiger partial charge in [-0.05, 0) is 18.5 Å². The minimum atomic E-state index is 0.297. The molecule has 2 N–H and O–H groups in total. The lowest BCUT2D eigenvalue weighted by molar-refractivity contribution is 0.648. The summed E-state index contributed by atoms with van der Waals surface area (Å²) in [5.74, 6) is 1.38. The van der Waals surface area contributed by atoms with Crippen LogP contribution in [0.15, 0.2) is 42.7 Å². The molecule has 0 saturated carbocycles. The minimum Gasteiger partial charge on any atom is -0.337 e. The van der Waals surface area contributed by atoms with Gasteiger partial charge in [-0.2, -0.15) is 0 Å². The van der Waals surface area contributed by atoms with Crippen LogP contribution in [0.5, 0.6) is 0 Å². The Bertz CT molecular complexity index is 433. The average molecular weight is 215 g/mol. The van der Waals surface area contributed by atoms with Crippen LogP contribution in [0.4, 0.5) is 0 Å². The molecule has 0 aliphatic heterocycles. The van der Waals surface area contributed by atoms with Gasteiger partial charge < -0.3 is 10.3 Å². The molecule has 3 heteroatoms. The SMILES string of the molecule is Cn1ccnc1C(CCN)c1ccccc1. The van der Waals surface area contributed by atoms with Gasteiger partial charge in [-0.15, -0.1) is 0 Å². The summed E-state index contributed by atoms with van der Waals surface area (Å²) in [6.07, 6.45) is 4.73. The van der Waals surface area contributed by atoms with E-state index >= 15 is 0 Å².